The second-order valence-electron chi connectivity index (χ2n) is 2.02. The van der Waals surface area contributed by atoms with E-state index in [1.54, 1.807) is 13.2 Å². The molecule has 72 valence electrons. The number of aldehydes is 1. The monoisotopic (exact) mass is 181 g/mol. The Balaban J connectivity index is 0.000000671. The molecule has 0 unspecified atom stereocenters. The second-order valence-corrected chi connectivity index (χ2v) is 2.02. The summed E-state index contributed by atoms with van der Waals surface area (Å²) < 4.78 is 0. The number of aromatic nitrogens is 2. The average molecular weight is 181 g/mol. The molecule has 0 saturated carbocycles. The van der Waals surface area contributed by atoms with Crippen molar-refractivity contribution < 1.29 is 4.79 Å². The Kier molecular flexibility index (Phi) is 6.41. The number of nitrogens with zero attached hydrogens (tertiary/aromatic N) is 2. The Morgan fingerprint density at radius 2 is 2.23 bits per heavy atom. The van der Waals surface area contributed by atoms with Crippen molar-refractivity contribution in [3.05, 3.63) is 18.1 Å². The van der Waals surface area contributed by atoms with Gasteiger partial charge in [-0.25, -0.2) is 9.97 Å². The van der Waals surface area contributed by atoms with Crippen LogP contribution in [0, 0.1) is 0 Å². The Hall–Kier alpha value is -1.45. The number of nitrogens with one attached hydrogen (secondary N) is 1. The molecular weight excluding hydrogens is 166 g/mol. The largest absolute Gasteiger partial charge is 0.373 e. The van der Waals surface area contributed by atoms with Gasteiger partial charge in [0.2, 0.25) is 0 Å². The topological polar surface area (TPSA) is 54.9 Å². The third-order valence-corrected chi connectivity index (χ3v) is 1.33. The van der Waals surface area contributed by atoms with Gasteiger partial charge in [-0.05, 0) is 0 Å². The third-order valence-electron chi connectivity index (χ3n) is 1.33. The first-order chi connectivity index (χ1) is 6.38. The average Bonchev–Trinajstić information content (AvgIpc) is 2.22. The highest BCUT2D eigenvalue weighted by atomic mass is 16.1. The number of hydrogen-bond donors (Lipinski definition) is 1. The molecular formula is C9H15N3O. The van der Waals surface area contributed by atoms with E-state index in [1.807, 2.05) is 13.8 Å². The van der Waals surface area contributed by atoms with Crippen LogP contribution in [-0.2, 0) is 11.2 Å². The molecule has 0 saturated heterocycles. The van der Waals surface area contributed by atoms with Gasteiger partial charge in [0.25, 0.3) is 0 Å². The van der Waals surface area contributed by atoms with Gasteiger partial charge in [0.15, 0.2) is 0 Å². The van der Waals surface area contributed by atoms with Gasteiger partial charge in [-0.2, -0.15) is 0 Å². The molecule has 1 aromatic heterocycles. The summed E-state index contributed by atoms with van der Waals surface area (Å²) in [6.45, 7) is 4.00. The van der Waals surface area contributed by atoms with Gasteiger partial charge in [-0.1, -0.05) is 13.8 Å². The molecule has 1 aromatic rings. The van der Waals surface area contributed by atoms with Gasteiger partial charge < -0.3 is 10.1 Å². The number of hydrogen-bond acceptors (Lipinski definition) is 4. The summed E-state index contributed by atoms with van der Waals surface area (Å²) in [5, 5.41) is 2.87. The van der Waals surface area contributed by atoms with Crippen molar-refractivity contribution in [2.24, 2.45) is 0 Å². The fraction of sp³-hybridized carbons (Fsp3) is 0.444. The lowest BCUT2D eigenvalue weighted by Crippen LogP contribution is -1.99. The Labute approximate surface area is 78.4 Å². The SMILES string of the molecule is CC.CNc1ncncc1CC=O. The minimum Gasteiger partial charge on any atom is -0.373 e. The highest BCUT2D eigenvalue weighted by molar-refractivity contribution is 5.59. The van der Waals surface area contributed by atoms with Crippen LogP contribution in [0.15, 0.2) is 12.5 Å². The van der Waals surface area contributed by atoms with Crippen LogP contribution in [0.5, 0.6) is 0 Å². The molecule has 0 aliphatic heterocycles. The van der Waals surface area contributed by atoms with E-state index in [9.17, 15) is 4.79 Å². The summed E-state index contributed by atoms with van der Waals surface area (Å²) in [5.74, 6) is 0.715. The van der Waals surface area contributed by atoms with Crippen LogP contribution >= 0.6 is 0 Å². The van der Waals surface area contributed by atoms with Crippen molar-refractivity contribution in [2.75, 3.05) is 12.4 Å². The molecule has 1 rings (SSSR count). The maximum Gasteiger partial charge on any atom is 0.132 e. The van der Waals surface area contributed by atoms with Crippen LogP contribution in [0.3, 0.4) is 0 Å². The van der Waals surface area contributed by atoms with Crippen LogP contribution in [0.2, 0.25) is 0 Å². The molecule has 0 aromatic carbocycles. The van der Waals surface area contributed by atoms with E-state index in [-0.39, 0.29) is 0 Å². The standard InChI is InChI=1S/C7H9N3O.C2H6/c1-8-7-6(2-3-11)4-9-5-10-7;1-2/h3-5H,2H2,1H3,(H,8,9,10);1-2H3. The number of rotatable bonds is 3. The van der Waals surface area contributed by atoms with Gasteiger partial charge in [0.05, 0.1) is 0 Å². The fourth-order valence-electron chi connectivity index (χ4n) is 0.823. The lowest BCUT2D eigenvalue weighted by atomic mass is 10.2. The van der Waals surface area contributed by atoms with E-state index < -0.39 is 0 Å². The number of carbonyl (C=O) groups excluding carboxylic acids is 1. The summed E-state index contributed by atoms with van der Waals surface area (Å²) in [7, 11) is 1.76. The van der Waals surface area contributed by atoms with E-state index >= 15 is 0 Å². The Morgan fingerprint density at radius 1 is 1.54 bits per heavy atom. The maximum atomic E-state index is 10.2. The van der Waals surface area contributed by atoms with E-state index in [4.69, 9.17) is 0 Å². The zero-order valence-electron chi connectivity index (χ0n) is 8.24. The predicted octanol–water partition coefficient (Wildman–Crippen LogP) is 1.29. The molecule has 13 heavy (non-hydrogen) atoms. The Bertz CT molecular complexity index is 250. The van der Waals surface area contributed by atoms with Crippen molar-refractivity contribution in [1.29, 1.82) is 0 Å². The lowest BCUT2D eigenvalue weighted by Gasteiger charge is -2.01. The van der Waals surface area contributed by atoms with Gasteiger partial charge in [0, 0.05) is 25.2 Å². The molecule has 0 atom stereocenters. The molecule has 0 aliphatic rings. The normalized spacial score (nSPS) is 8.23. The summed E-state index contributed by atoms with van der Waals surface area (Å²) in [6, 6.07) is 0. The van der Waals surface area contributed by atoms with E-state index in [1.165, 1.54) is 6.33 Å². The predicted molar refractivity (Wildman–Crippen MR) is 52.7 cm³/mol. The molecule has 0 bridgehead atoms. The number of anilines is 1. The molecule has 0 spiro atoms. The van der Waals surface area contributed by atoms with Crippen LogP contribution in [0.1, 0.15) is 19.4 Å². The van der Waals surface area contributed by atoms with E-state index in [2.05, 4.69) is 15.3 Å². The first-order valence-electron chi connectivity index (χ1n) is 4.28. The van der Waals surface area contributed by atoms with Crippen molar-refractivity contribution in [3.8, 4) is 0 Å². The molecule has 4 nitrogen and oxygen atoms in total. The molecule has 0 amide bonds. The fourth-order valence-corrected chi connectivity index (χ4v) is 0.823. The molecule has 4 heteroatoms. The van der Waals surface area contributed by atoms with Crippen molar-refractivity contribution in [2.45, 2.75) is 20.3 Å². The third kappa shape index (κ3) is 3.64. The summed E-state index contributed by atoms with van der Waals surface area (Å²) in [4.78, 5) is 17.9. The van der Waals surface area contributed by atoms with Gasteiger partial charge in [-0.3, -0.25) is 0 Å². The lowest BCUT2D eigenvalue weighted by molar-refractivity contribution is -0.107. The van der Waals surface area contributed by atoms with Gasteiger partial charge in [-0.15, -0.1) is 0 Å². The Morgan fingerprint density at radius 3 is 2.77 bits per heavy atom. The van der Waals surface area contributed by atoms with Gasteiger partial charge in [0.1, 0.15) is 18.4 Å². The zero-order valence-corrected chi connectivity index (χ0v) is 8.24. The zero-order chi connectivity index (χ0) is 10.1. The minimum absolute atomic E-state index is 0.358. The first-order valence-corrected chi connectivity index (χ1v) is 4.28. The van der Waals surface area contributed by atoms with Crippen molar-refractivity contribution in [3.63, 3.8) is 0 Å². The number of carbonyl (C=O) groups is 1. The molecule has 0 aliphatic carbocycles. The van der Waals surface area contributed by atoms with Crippen molar-refractivity contribution in [1.82, 2.24) is 9.97 Å². The van der Waals surface area contributed by atoms with Crippen molar-refractivity contribution >= 4 is 12.1 Å². The highest BCUT2D eigenvalue weighted by Crippen LogP contribution is 2.07. The second kappa shape index (κ2) is 7.21. The quantitative estimate of drug-likeness (QED) is 0.714. The molecule has 0 radical (unpaired) electrons. The summed E-state index contributed by atoms with van der Waals surface area (Å²) >= 11 is 0. The highest BCUT2D eigenvalue weighted by Gasteiger charge is 1.99. The smallest absolute Gasteiger partial charge is 0.132 e. The summed E-state index contributed by atoms with van der Waals surface area (Å²) in [6.07, 6.45) is 4.27. The molecule has 1 heterocycles. The van der Waals surface area contributed by atoms with Crippen LogP contribution in [0.25, 0.3) is 0 Å². The first kappa shape index (κ1) is 11.6. The van der Waals surface area contributed by atoms with Crippen LogP contribution in [-0.4, -0.2) is 23.3 Å². The van der Waals surface area contributed by atoms with Gasteiger partial charge >= 0.3 is 0 Å². The van der Waals surface area contributed by atoms with Crippen LogP contribution in [0.4, 0.5) is 5.82 Å². The molecule has 0 fully saturated rings. The minimum atomic E-state index is 0.358. The van der Waals surface area contributed by atoms with E-state index in [0.717, 1.165) is 11.8 Å². The van der Waals surface area contributed by atoms with Crippen LogP contribution < -0.4 is 5.32 Å². The van der Waals surface area contributed by atoms with E-state index in [0.29, 0.717) is 12.2 Å². The summed E-state index contributed by atoms with van der Waals surface area (Å²) in [5.41, 5.74) is 0.824. The maximum absolute atomic E-state index is 10.2. The molecule has 1 N–H and O–H groups in total.